The van der Waals surface area contributed by atoms with E-state index in [1.54, 1.807) is 0 Å². The fourth-order valence-electron chi connectivity index (χ4n) is 1.16. The zero-order valence-corrected chi connectivity index (χ0v) is 12.6. The molecule has 0 fully saturated rings. The van der Waals surface area contributed by atoms with Gasteiger partial charge < -0.3 is 0 Å². The van der Waals surface area contributed by atoms with Crippen LogP contribution in [0.2, 0.25) is 5.02 Å². The van der Waals surface area contributed by atoms with Crippen molar-refractivity contribution in [1.29, 1.82) is 0 Å². The Morgan fingerprint density at radius 3 is 2.47 bits per heavy atom. The molecule has 104 valence electrons. The molecule has 1 aromatic carbocycles. The monoisotopic (exact) mass is 341 g/mol. The van der Waals surface area contributed by atoms with Crippen molar-refractivity contribution >= 4 is 55.3 Å². The van der Waals surface area contributed by atoms with Crippen LogP contribution in [0.3, 0.4) is 0 Å². The summed E-state index contributed by atoms with van der Waals surface area (Å²) in [5.41, 5.74) is 0.139. The molecule has 2 N–H and O–H groups in total. The predicted molar refractivity (Wildman–Crippen MR) is 75.1 cm³/mol. The first kappa shape index (κ1) is 16.5. The van der Waals surface area contributed by atoms with Crippen LogP contribution in [0.25, 0.3) is 0 Å². The maximum atomic E-state index is 11.7. The zero-order valence-electron chi connectivity index (χ0n) is 9.43. The van der Waals surface area contributed by atoms with Gasteiger partial charge in [-0.1, -0.05) is 23.4 Å². The third kappa shape index (κ3) is 5.12. The number of sulfonamides is 1. The van der Waals surface area contributed by atoms with Gasteiger partial charge in [0.15, 0.2) is 0 Å². The molecule has 0 bridgehead atoms. The Kier molecular flexibility index (Phi) is 5.82. The van der Waals surface area contributed by atoms with Gasteiger partial charge in [-0.3, -0.25) is 9.59 Å². The Labute approximate surface area is 124 Å². The molecular weight excluding hydrogens is 333 g/mol. The molecular formula is C10H9Cl2NO4S2. The summed E-state index contributed by atoms with van der Waals surface area (Å²) in [4.78, 5) is 22.0. The molecule has 9 heteroatoms. The lowest BCUT2D eigenvalue weighted by atomic mass is 10.2. The van der Waals surface area contributed by atoms with Crippen LogP contribution in [0.1, 0.15) is 16.8 Å². The van der Waals surface area contributed by atoms with Gasteiger partial charge in [0.1, 0.15) is 4.90 Å². The molecule has 1 aromatic rings. The van der Waals surface area contributed by atoms with Crippen molar-refractivity contribution < 1.29 is 18.0 Å². The molecule has 0 amide bonds. The minimum atomic E-state index is -3.99. The fourth-order valence-corrected chi connectivity index (χ4v) is 3.20. The Hall–Kier alpha value is -0.600. The molecule has 19 heavy (non-hydrogen) atoms. The summed E-state index contributed by atoms with van der Waals surface area (Å²) in [5, 5.41) is 3.99. The minimum Gasteiger partial charge on any atom is -0.282 e. The van der Waals surface area contributed by atoms with E-state index >= 15 is 0 Å². The van der Waals surface area contributed by atoms with E-state index in [0.29, 0.717) is 0 Å². The van der Waals surface area contributed by atoms with Crippen molar-refractivity contribution in [3.63, 3.8) is 0 Å². The number of primary sulfonamides is 1. The SMILES string of the molecule is NS(=O)(=O)c1cc(C(=O)SCCC(=O)Cl)ccc1Cl. The second kappa shape index (κ2) is 6.71. The van der Waals surface area contributed by atoms with Gasteiger partial charge in [-0.05, 0) is 29.8 Å². The number of benzene rings is 1. The van der Waals surface area contributed by atoms with E-state index in [-0.39, 0.29) is 32.8 Å². The smallest absolute Gasteiger partial charge is 0.239 e. The molecule has 1 rings (SSSR count). The first-order chi connectivity index (χ1) is 8.71. The highest BCUT2D eigenvalue weighted by molar-refractivity contribution is 8.14. The minimum absolute atomic E-state index is 0.0492. The van der Waals surface area contributed by atoms with E-state index in [2.05, 4.69) is 0 Å². The lowest BCUT2D eigenvalue weighted by molar-refractivity contribution is -0.111. The van der Waals surface area contributed by atoms with Gasteiger partial charge in [0.2, 0.25) is 20.4 Å². The normalized spacial score (nSPS) is 11.3. The summed E-state index contributed by atoms with van der Waals surface area (Å²) in [7, 11) is -3.99. The second-order valence-corrected chi connectivity index (χ2v) is 6.86. The quantitative estimate of drug-likeness (QED) is 0.826. The maximum absolute atomic E-state index is 11.7. The number of rotatable bonds is 5. The van der Waals surface area contributed by atoms with Crippen molar-refractivity contribution in [3.8, 4) is 0 Å². The molecule has 0 aliphatic carbocycles. The maximum Gasteiger partial charge on any atom is 0.239 e. The van der Waals surface area contributed by atoms with E-state index in [0.717, 1.165) is 17.8 Å². The molecule has 0 aliphatic heterocycles. The van der Waals surface area contributed by atoms with Crippen LogP contribution in [-0.4, -0.2) is 24.5 Å². The number of hydrogen-bond acceptors (Lipinski definition) is 5. The molecule has 0 aromatic heterocycles. The van der Waals surface area contributed by atoms with Gasteiger partial charge in [0, 0.05) is 17.7 Å². The standard InChI is InChI=1S/C10H9Cl2NO4S2/c11-7-2-1-6(5-8(7)19(13,16)17)10(15)18-4-3-9(12)14/h1-2,5H,3-4H2,(H2,13,16,17). The first-order valence-electron chi connectivity index (χ1n) is 4.89. The van der Waals surface area contributed by atoms with Crippen LogP contribution < -0.4 is 5.14 Å². The van der Waals surface area contributed by atoms with E-state index in [9.17, 15) is 18.0 Å². The summed E-state index contributed by atoms with van der Waals surface area (Å²) in [6, 6.07) is 3.77. The third-order valence-electron chi connectivity index (χ3n) is 2.01. The fraction of sp³-hybridized carbons (Fsp3) is 0.200. The van der Waals surface area contributed by atoms with Crippen LogP contribution in [0.5, 0.6) is 0 Å². The first-order valence-corrected chi connectivity index (χ1v) is 8.18. The molecule has 5 nitrogen and oxygen atoms in total. The van der Waals surface area contributed by atoms with Gasteiger partial charge in [-0.2, -0.15) is 0 Å². The van der Waals surface area contributed by atoms with Crippen molar-refractivity contribution in [2.24, 2.45) is 5.14 Å². The van der Waals surface area contributed by atoms with Gasteiger partial charge in [-0.15, -0.1) is 0 Å². The van der Waals surface area contributed by atoms with Crippen LogP contribution >= 0.6 is 35.0 Å². The van der Waals surface area contributed by atoms with Gasteiger partial charge in [-0.25, -0.2) is 13.6 Å². The highest BCUT2D eigenvalue weighted by Gasteiger charge is 2.16. The molecule has 0 radical (unpaired) electrons. The van der Waals surface area contributed by atoms with Crippen LogP contribution in [0, 0.1) is 0 Å². The number of thioether (sulfide) groups is 1. The van der Waals surface area contributed by atoms with Crippen molar-refractivity contribution in [1.82, 2.24) is 0 Å². The lowest BCUT2D eigenvalue weighted by Gasteiger charge is -2.04. The molecule has 0 saturated carbocycles. The van der Waals surface area contributed by atoms with Crippen LogP contribution in [0.15, 0.2) is 23.1 Å². The summed E-state index contributed by atoms with van der Waals surface area (Å²) < 4.78 is 22.5. The number of halogens is 2. The lowest BCUT2D eigenvalue weighted by Crippen LogP contribution is -2.13. The van der Waals surface area contributed by atoms with E-state index < -0.39 is 15.3 Å². The van der Waals surface area contributed by atoms with Crippen LogP contribution in [0.4, 0.5) is 0 Å². The number of nitrogens with two attached hydrogens (primary N) is 1. The summed E-state index contributed by atoms with van der Waals surface area (Å²) in [6.07, 6.45) is 0.0492. The van der Waals surface area contributed by atoms with Crippen molar-refractivity contribution in [3.05, 3.63) is 28.8 Å². The Balaban J connectivity index is 2.91. The number of hydrogen-bond donors (Lipinski definition) is 1. The summed E-state index contributed by atoms with van der Waals surface area (Å²) in [5.74, 6) is 0.217. The molecule has 0 spiro atoms. The van der Waals surface area contributed by atoms with E-state index in [1.165, 1.54) is 12.1 Å². The number of carbonyl (C=O) groups excluding carboxylic acids is 2. The highest BCUT2D eigenvalue weighted by atomic mass is 35.5. The van der Waals surface area contributed by atoms with Crippen LogP contribution in [-0.2, 0) is 14.8 Å². The zero-order chi connectivity index (χ0) is 14.6. The summed E-state index contributed by atoms with van der Waals surface area (Å²) in [6.45, 7) is 0. The highest BCUT2D eigenvalue weighted by Crippen LogP contribution is 2.24. The van der Waals surface area contributed by atoms with Crippen molar-refractivity contribution in [2.75, 3.05) is 5.75 Å². The topological polar surface area (TPSA) is 94.3 Å². The average Bonchev–Trinajstić information content (AvgIpc) is 2.27. The van der Waals surface area contributed by atoms with Gasteiger partial charge in [0.25, 0.3) is 0 Å². The average molecular weight is 342 g/mol. The Bertz CT molecular complexity index is 616. The van der Waals surface area contributed by atoms with Gasteiger partial charge >= 0.3 is 0 Å². The number of carbonyl (C=O) groups is 2. The molecule has 0 heterocycles. The molecule has 0 aliphatic rings. The molecule has 0 atom stereocenters. The molecule has 0 saturated heterocycles. The summed E-state index contributed by atoms with van der Waals surface area (Å²) >= 11 is 11.7. The largest absolute Gasteiger partial charge is 0.282 e. The second-order valence-electron chi connectivity index (χ2n) is 3.43. The molecule has 0 unspecified atom stereocenters. The van der Waals surface area contributed by atoms with E-state index in [1.807, 2.05) is 0 Å². The predicted octanol–water partition coefficient (Wildman–Crippen LogP) is 2.02. The Morgan fingerprint density at radius 2 is 1.95 bits per heavy atom. The van der Waals surface area contributed by atoms with Crippen molar-refractivity contribution in [2.45, 2.75) is 11.3 Å². The Morgan fingerprint density at radius 1 is 1.32 bits per heavy atom. The van der Waals surface area contributed by atoms with Gasteiger partial charge in [0.05, 0.1) is 5.02 Å². The third-order valence-corrected chi connectivity index (χ3v) is 4.49. The van der Waals surface area contributed by atoms with E-state index in [4.69, 9.17) is 28.3 Å².